The van der Waals surface area contributed by atoms with Gasteiger partial charge in [-0.3, -0.25) is 9.59 Å². The Bertz CT molecular complexity index is 359. The SMILES string of the molecule is O=C1C=C2CCCN3C(=O)CC[C@@H](C1)[C@@H]23. The van der Waals surface area contributed by atoms with Crippen LogP contribution in [0, 0.1) is 5.92 Å². The second-order valence-corrected chi connectivity index (χ2v) is 4.82. The Morgan fingerprint density at radius 3 is 3.00 bits per heavy atom. The topological polar surface area (TPSA) is 37.4 Å². The lowest BCUT2D eigenvalue weighted by atomic mass is 9.74. The molecule has 3 heteroatoms. The number of nitrogens with zero attached hydrogens (tertiary/aromatic N) is 1. The maximum absolute atomic E-state index is 11.8. The van der Waals surface area contributed by atoms with E-state index >= 15 is 0 Å². The van der Waals surface area contributed by atoms with Crippen LogP contribution >= 0.6 is 0 Å². The van der Waals surface area contributed by atoms with Crippen LogP contribution in [0.5, 0.6) is 0 Å². The lowest BCUT2D eigenvalue weighted by Crippen LogP contribution is -2.53. The first-order chi connectivity index (χ1) is 7.25. The summed E-state index contributed by atoms with van der Waals surface area (Å²) in [7, 11) is 0. The van der Waals surface area contributed by atoms with E-state index in [9.17, 15) is 9.59 Å². The molecule has 2 atom stereocenters. The van der Waals surface area contributed by atoms with E-state index in [1.165, 1.54) is 5.57 Å². The van der Waals surface area contributed by atoms with Crippen LogP contribution in [0.3, 0.4) is 0 Å². The van der Waals surface area contributed by atoms with Crippen LogP contribution in [0.25, 0.3) is 0 Å². The van der Waals surface area contributed by atoms with E-state index in [0.29, 0.717) is 18.8 Å². The molecule has 0 radical (unpaired) electrons. The number of carbonyl (C=O) groups excluding carboxylic acids is 2. The molecule has 0 aromatic carbocycles. The fourth-order valence-electron chi connectivity index (χ4n) is 3.28. The third-order valence-corrected chi connectivity index (χ3v) is 3.89. The zero-order valence-corrected chi connectivity index (χ0v) is 8.74. The van der Waals surface area contributed by atoms with Crippen molar-refractivity contribution in [3.05, 3.63) is 11.6 Å². The van der Waals surface area contributed by atoms with Crippen LogP contribution in [0.1, 0.15) is 32.1 Å². The zero-order valence-electron chi connectivity index (χ0n) is 8.74. The van der Waals surface area contributed by atoms with E-state index < -0.39 is 0 Å². The fraction of sp³-hybridized carbons (Fsp3) is 0.667. The number of allylic oxidation sites excluding steroid dienone is 1. The summed E-state index contributed by atoms with van der Waals surface area (Å²) < 4.78 is 0. The van der Waals surface area contributed by atoms with Crippen LogP contribution in [-0.2, 0) is 9.59 Å². The number of hydrogen-bond donors (Lipinski definition) is 0. The molecule has 3 rings (SSSR count). The molecule has 15 heavy (non-hydrogen) atoms. The molecule has 2 aliphatic heterocycles. The van der Waals surface area contributed by atoms with Crippen molar-refractivity contribution in [3.8, 4) is 0 Å². The number of ketones is 1. The summed E-state index contributed by atoms with van der Waals surface area (Å²) in [6.07, 6.45) is 6.03. The van der Waals surface area contributed by atoms with Gasteiger partial charge in [0, 0.05) is 19.4 Å². The van der Waals surface area contributed by atoms with Gasteiger partial charge in [-0.2, -0.15) is 0 Å². The number of carbonyl (C=O) groups is 2. The Hall–Kier alpha value is -1.12. The highest BCUT2D eigenvalue weighted by Gasteiger charge is 2.42. The number of amides is 1. The van der Waals surface area contributed by atoms with Crippen LogP contribution in [0.15, 0.2) is 11.6 Å². The average molecular weight is 205 g/mol. The van der Waals surface area contributed by atoms with Gasteiger partial charge in [-0.05, 0) is 36.8 Å². The fourth-order valence-corrected chi connectivity index (χ4v) is 3.28. The number of hydrogen-bond acceptors (Lipinski definition) is 2. The minimum atomic E-state index is 0.266. The van der Waals surface area contributed by atoms with Gasteiger partial charge in [0.1, 0.15) is 0 Å². The molecule has 0 aromatic heterocycles. The normalized spacial score (nSPS) is 34.9. The number of piperidine rings is 2. The standard InChI is InChI=1S/C12H15NO2/c14-10-6-8-2-1-5-13-11(15)4-3-9(7-10)12(8)13/h6,9,12H,1-5,7H2/t9-,12+/m0/s1. The monoisotopic (exact) mass is 205 g/mol. The summed E-state index contributed by atoms with van der Waals surface area (Å²) in [5.41, 5.74) is 1.22. The van der Waals surface area contributed by atoms with Gasteiger partial charge in [0.05, 0.1) is 6.04 Å². The summed E-state index contributed by atoms with van der Waals surface area (Å²) in [4.78, 5) is 25.3. The quantitative estimate of drug-likeness (QED) is 0.597. The molecular weight excluding hydrogens is 190 g/mol. The first-order valence-corrected chi connectivity index (χ1v) is 5.78. The molecule has 3 aliphatic rings. The van der Waals surface area contributed by atoms with E-state index in [-0.39, 0.29) is 17.7 Å². The smallest absolute Gasteiger partial charge is 0.223 e. The van der Waals surface area contributed by atoms with Gasteiger partial charge in [-0.25, -0.2) is 0 Å². The first kappa shape index (κ1) is 9.13. The second kappa shape index (κ2) is 3.19. The van der Waals surface area contributed by atoms with Gasteiger partial charge in [0.25, 0.3) is 0 Å². The molecule has 2 fully saturated rings. The highest BCUT2D eigenvalue weighted by atomic mass is 16.2. The lowest BCUT2D eigenvalue weighted by Gasteiger charge is -2.47. The maximum Gasteiger partial charge on any atom is 0.223 e. The van der Waals surface area contributed by atoms with Gasteiger partial charge >= 0.3 is 0 Å². The highest BCUT2D eigenvalue weighted by Crippen LogP contribution is 2.39. The van der Waals surface area contributed by atoms with E-state index in [2.05, 4.69) is 0 Å². The first-order valence-electron chi connectivity index (χ1n) is 5.78. The molecule has 1 amide bonds. The third-order valence-electron chi connectivity index (χ3n) is 3.89. The minimum Gasteiger partial charge on any atom is -0.336 e. The van der Waals surface area contributed by atoms with Crippen molar-refractivity contribution >= 4 is 11.7 Å². The Kier molecular flexibility index (Phi) is 1.94. The molecule has 2 heterocycles. The number of rotatable bonds is 0. The summed E-state index contributed by atoms with van der Waals surface area (Å²) in [5.74, 6) is 0.967. The van der Waals surface area contributed by atoms with Crippen molar-refractivity contribution in [2.24, 2.45) is 5.92 Å². The van der Waals surface area contributed by atoms with Gasteiger partial charge < -0.3 is 4.90 Å². The molecule has 3 nitrogen and oxygen atoms in total. The van der Waals surface area contributed by atoms with Crippen molar-refractivity contribution in [3.63, 3.8) is 0 Å². The summed E-state index contributed by atoms with van der Waals surface area (Å²) in [5, 5.41) is 0. The molecule has 0 bridgehead atoms. The predicted octanol–water partition coefficient (Wildman–Crippen LogP) is 1.29. The molecule has 0 saturated carbocycles. The molecule has 0 spiro atoms. The molecule has 0 N–H and O–H groups in total. The van der Waals surface area contributed by atoms with Crippen LogP contribution in [0.2, 0.25) is 0 Å². The van der Waals surface area contributed by atoms with Crippen LogP contribution in [-0.4, -0.2) is 29.2 Å². The van der Waals surface area contributed by atoms with Gasteiger partial charge in [0.2, 0.25) is 5.91 Å². The van der Waals surface area contributed by atoms with Gasteiger partial charge in [0.15, 0.2) is 5.78 Å². The Balaban J connectivity index is 2.00. The van der Waals surface area contributed by atoms with E-state index in [1.54, 1.807) is 6.08 Å². The average Bonchev–Trinajstić information content (AvgIpc) is 2.23. The molecule has 2 saturated heterocycles. The molecule has 1 aliphatic carbocycles. The van der Waals surface area contributed by atoms with Crippen LogP contribution in [0.4, 0.5) is 0 Å². The molecule has 80 valence electrons. The summed E-state index contributed by atoms with van der Waals surface area (Å²) >= 11 is 0. The van der Waals surface area contributed by atoms with Gasteiger partial charge in [-0.15, -0.1) is 0 Å². The third kappa shape index (κ3) is 1.33. The summed E-state index contributed by atoms with van der Waals surface area (Å²) in [6, 6.07) is 0.276. The van der Waals surface area contributed by atoms with Gasteiger partial charge in [-0.1, -0.05) is 0 Å². The molecule has 0 aromatic rings. The van der Waals surface area contributed by atoms with Crippen molar-refractivity contribution in [2.75, 3.05) is 6.54 Å². The predicted molar refractivity (Wildman–Crippen MR) is 55.2 cm³/mol. The van der Waals surface area contributed by atoms with Crippen molar-refractivity contribution in [1.29, 1.82) is 0 Å². The van der Waals surface area contributed by atoms with E-state index in [0.717, 1.165) is 25.8 Å². The highest BCUT2D eigenvalue weighted by molar-refractivity contribution is 5.93. The van der Waals surface area contributed by atoms with E-state index in [1.807, 2.05) is 4.90 Å². The Morgan fingerprint density at radius 2 is 2.13 bits per heavy atom. The minimum absolute atomic E-state index is 0.266. The lowest BCUT2D eigenvalue weighted by molar-refractivity contribution is -0.140. The van der Waals surface area contributed by atoms with Crippen LogP contribution < -0.4 is 0 Å². The maximum atomic E-state index is 11.8. The molecular formula is C12H15NO2. The zero-order chi connectivity index (χ0) is 10.4. The summed E-state index contributed by atoms with van der Waals surface area (Å²) in [6.45, 7) is 0.894. The molecule has 0 unspecified atom stereocenters. The van der Waals surface area contributed by atoms with E-state index in [4.69, 9.17) is 0 Å². The van der Waals surface area contributed by atoms with Crippen molar-refractivity contribution in [1.82, 2.24) is 4.90 Å². The van der Waals surface area contributed by atoms with Crippen molar-refractivity contribution in [2.45, 2.75) is 38.1 Å². The Morgan fingerprint density at radius 1 is 1.27 bits per heavy atom. The largest absolute Gasteiger partial charge is 0.336 e. The van der Waals surface area contributed by atoms with Crippen molar-refractivity contribution < 1.29 is 9.59 Å². The second-order valence-electron chi connectivity index (χ2n) is 4.82. The Labute approximate surface area is 89.1 Å².